The zero-order valence-electron chi connectivity index (χ0n) is 17.9. The molecule has 4 aromatic rings. The van der Waals surface area contributed by atoms with Crippen LogP contribution < -0.4 is 14.2 Å². The predicted octanol–water partition coefficient (Wildman–Crippen LogP) is 5.39. The van der Waals surface area contributed by atoms with Gasteiger partial charge in [0, 0.05) is 17.0 Å². The number of halogens is 1. The SMILES string of the molecule is COc1ccc(-n2c(SCc3ccccc3F)nnc2-c2ccc(OC)c(OC)c2)cc1. The van der Waals surface area contributed by atoms with E-state index in [4.69, 9.17) is 14.2 Å². The third kappa shape index (κ3) is 4.40. The first-order chi connectivity index (χ1) is 15.6. The van der Waals surface area contributed by atoms with Crippen molar-refractivity contribution in [2.45, 2.75) is 10.9 Å². The lowest BCUT2D eigenvalue weighted by Gasteiger charge is -2.13. The Balaban J connectivity index is 1.77. The maximum atomic E-state index is 14.1. The second-order valence-electron chi connectivity index (χ2n) is 6.79. The van der Waals surface area contributed by atoms with Crippen molar-refractivity contribution >= 4 is 11.8 Å². The lowest BCUT2D eigenvalue weighted by Crippen LogP contribution is -2.01. The van der Waals surface area contributed by atoms with E-state index < -0.39 is 0 Å². The minimum absolute atomic E-state index is 0.240. The molecule has 0 aliphatic rings. The summed E-state index contributed by atoms with van der Waals surface area (Å²) in [5.41, 5.74) is 2.27. The molecule has 0 saturated heterocycles. The minimum Gasteiger partial charge on any atom is -0.497 e. The van der Waals surface area contributed by atoms with Crippen molar-refractivity contribution in [1.82, 2.24) is 14.8 Å². The molecule has 1 heterocycles. The van der Waals surface area contributed by atoms with Crippen molar-refractivity contribution in [2.75, 3.05) is 21.3 Å². The second kappa shape index (κ2) is 9.74. The average Bonchev–Trinajstić information content (AvgIpc) is 3.27. The molecule has 0 radical (unpaired) electrons. The fourth-order valence-electron chi connectivity index (χ4n) is 3.25. The van der Waals surface area contributed by atoms with Crippen LogP contribution in [0.3, 0.4) is 0 Å². The Morgan fingerprint density at radius 2 is 1.59 bits per heavy atom. The first-order valence-electron chi connectivity index (χ1n) is 9.83. The number of benzene rings is 3. The molecule has 3 aromatic carbocycles. The van der Waals surface area contributed by atoms with Gasteiger partial charge in [0.2, 0.25) is 0 Å². The average molecular weight is 452 g/mol. The van der Waals surface area contributed by atoms with Crippen LogP contribution in [-0.4, -0.2) is 36.1 Å². The molecule has 0 fully saturated rings. The van der Waals surface area contributed by atoms with Gasteiger partial charge < -0.3 is 14.2 Å². The summed E-state index contributed by atoms with van der Waals surface area (Å²) in [7, 11) is 4.80. The third-order valence-electron chi connectivity index (χ3n) is 4.92. The van der Waals surface area contributed by atoms with Gasteiger partial charge in [0.1, 0.15) is 11.6 Å². The van der Waals surface area contributed by atoms with E-state index >= 15 is 0 Å². The number of thioether (sulfide) groups is 1. The van der Waals surface area contributed by atoms with Gasteiger partial charge in [-0.15, -0.1) is 10.2 Å². The molecule has 164 valence electrons. The first kappa shape index (κ1) is 21.7. The normalized spacial score (nSPS) is 10.8. The fourth-order valence-corrected chi connectivity index (χ4v) is 4.19. The molecular weight excluding hydrogens is 429 g/mol. The van der Waals surface area contributed by atoms with Crippen molar-refractivity contribution in [2.24, 2.45) is 0 Å². The summed E-state index contributed by atoms with van der Waals surface area (Å²) in [4.78, 5) is 0. The first-order valence-corrected chi connectivity index (χ1v) is 10.8. The van der Waals surface area contributed by atoms with Gasteiger partial charge in [-0.05, 0) is 54.1 Å². The van der Waals surface area contributed by atoms with Gasteiger partial charge in [-0.1, -0.05) is 30.0 Å². The van der Waals surface area contributed by atoms with Gasteiger partial charge in [-0.3, -0.25) is 4.57 Å². The Bertz CT molecular complexity index is 1210. The molecule has 32 heavy (non-hydrogen) atoms. The van der Waals surface area contributed by atoms with Gasteiger partial charge in [-0.25, -0.2) is 4.39 Å². The van der Waals surface area contributed by atoms with Crippen molar-refractivity contribution in [1.29, 1.82) is 0 Å². The predicted molar refractivity (Wildman–Crippen MR) is 122 cm³/mol. The van der Waals surface area contributed by atoms with E-state index in [-0.39, 0.29) is 5.82 Å². The number of ether oxygens (including phenoxy) is 3. The molecule has 0 spiro atoms. The number of rotatable bonds is 8. The van der Waals surface area contributed by atoms with Crippen LogP contribution in [0.4, 0.5) is 4.39 Å². The second-order valence-corrected chi connectivity index (χ2v) is 7.73. The summed E-state index contributed by atoms with van der Waals surface area (Å²) in [6, 6.07) is 19.9. The maximum absolute atomic E-state index is 14.1. The molecule has 0 unspecified atom stereocenters. The number of nitrogens with zero attached hydrogens (tertiary/aromatic N) is 3. The number of aromatic nitrogens is 3. The summed E-state index contributed by atoms with van der Waals surface area (Å²) in [5, 5.41) is 9.49. The molecule has 0 atom stereocenters. The molecule has 1 aromatic heterocycles. The van der Waals surface area contributed by atoms with E-state index in [1.165, 1.54) is 17.8 Å². The van der Waals surface area contributed by atoms with Crippen LogP contribution in [0.5, 0.6) is 17.2 Å². The zero-order valence-corrected chi connectivity index (χ0v) is 18.7. The van der Waals surface area contributed by atoms with Crippen molar-refractivity contribution in [3.8, 4) is 34.3 Å². The topological polar surface area (TPSA) is 58.4 Å². The number of methoxy groups -OCH3 is 3. The summed E-state index contributed by atoms with van der Waals surface area (Å²) >= 11 is 1.41. The Kier molecular flexibility index (Phi) is 6.61. The molecule has 6 nitrogen and oxygen atoms in total. The van der Waals surface area contributed by atoms with Crippen LogP contribution >= 0.6 is 11.8 Å². The molecule has 4 rings (SSSR count). The lowest BCUT2D eigenvalue weighted by atomic mass is 10.2. The smallest absolute Gasteiger partial charge is 0.196 e. The Labute approximate surface area is 190 Å². The molecule has 0 aliphatic carbocycles. The number of hydrogen-bond acceptors (Lipinski definition) is 6. The lowest BCUT2D eigenvalue weighted by molar-refractivity contribution is 0.355. The molecule has 0 aliphatic heterocycles. The van der Waals surface area contributed by atoms with E-state index in [1.807, 2.05) is 53.1 Å². The van der Waals surface area contributed by atoms with E-state index in [9.17, 15) is 4.39 Å². The summed E-state index contributed by atoms with van der Waals surface area (Å²) in [5.74, 6) is 2.78. The highest BCUT2D eigenvalue weighted by molar-refractivity contribution is 7.98. The molecular formula is C24H22FN3O3S. The van der Waals surface area contributed by atoms with Crippen molar-refractivity contribution in [3.63, 3.8) is 0 Å². The number of hydrogen-bond donors (Lipinski definition) is 0. The van der Waals surface area contributed by atoms with Gasteiger partial charge in [0.25, 0.3) is 0 Å². The van der Waals surface area contributed by atoms with Gasteiger partial charge in [0.05, 0.1) is 21.3 Å². The molecule has 0 bridgehead atoms. The standard InChI is InChI=1S/C24H22FN3O3S/c1-29-19-11-9-18(10-12-19)28-23(16-8-13-21(30-2)22(14-16)31-3)26-27-24(28)32-15-17-6-4-5-7-20(17)25/h4-14H,15H2,1-3H3. The highest BCUT2D eigenvalue weighted by atomic mass is 32.2. The zero-order chi connectivity index (χ0) is 22.5. The highest BCUT2D eigenvalue weighted by Crippen LogP contribution is 2.35. The third-order valence-corrected chi connectivity index (χ3v) is 5.90. The Morgan fingerprint density at radius 1 is 0.844 bits per heavy atom. The van der Waals surface area contributed by atoms with Gasteiger partial charge in [0.15, 0.2) is 22.5 Å². The van der Waals surface area contributed by atoms with Crippen LogP contribution in [0.2, 0.25) is 0 Å². The van der Waals surface area contributed by atoms with Crippen molar-refractivity contribution in [3.05, 3.63) is 78.1 Å². The molecule has 0 saturated carbocycles. The largest absolute Gasteiger partial charge is 0.497 e. The van der Waals surface area contributed by atoms with Crippen LogP contribution in [0.25, 0.3) is 17.1 Å². The van der Waals surface area contributed by atoms with Crippen LogP contribution in [0.1, 0.15) is 5.56 Å². The fraction of sp³-hybridized carbons (Fsp3) is 0.167. The van der Waals surface area contributed by atoms with Gasteiger partial charge >= 0.3 is 0 Å². The Morgan fingerprint density at radius 3 is 2.28 bits per heavy atom. The van der Waals surface area contributed by atoms with E-state index in [1.54, 1.807) is 33.5 Å². The summed E-state index contributed by atoms with van der Waals surface area (Å²) in [6.07, 6.45) is 0. The van der Waals surface area contributed by atoms with E-state index in [0.717, 1.165) is 17.0 Å². The molecule has 0 N–H and O–H groups in total. The highest BCUT2D eigenvalue weighted by Gasteiger charge is 2.18. The quantitative estimate of drug-likeness (QED) is 0.335. The van der Waals surface area contributed by atoms with Crippen LogP contribution in [-0.2, 0) is 5.75 Å². The monoisotopic (exact) mass is 451 g/mol. The van der Waals surface area contributed by atoms with Gasteiger partial charge in [-0.2, -0.15) is 0 Å². The minimum atomic E-state index is -0.240. The molecule has 8 heteroatoms. The molecule has 0 amide bonds. The van der Waals surface area contributed by atoms with Crippen molar-refractivity contribution < 1.29 is 18.6 Å². The van der Waals surface area contributed by atoms with Crippen LogP contribution in [0, 0.1) is 5.82 Å². The van der Waals surface area contributed by atoms with Crippen LogP contribution in [0.15, 0.2) is 71.9 Å². The summed E-state index contributed by atoms with van der Waals surface area (Å²) in [6.45, 7) is 0. The van der Waals surface area contributed by atoms with E-state index in [0.29, 0.717) is 33.8 Å². The summed E-state index contributed by atoms with van der Waals surface area (Å²) < 4.78 is 32.2. The Hall–Kier alpha value is -3.52. The maximum Gasteiger partial charge on any atom is 0.196 e. The van der Waals surface area contributed by atoms with E-state index in [2.05, 4.69) is 10.2 Å².